The van der Waals surface area contributed by atoms with Crippen LogP contribution in [0.4, 0.5) is 5.69 Å². The lowest BCUT2D eigenvalue weighted by molar-refractivity contribution is -0.858. The van der Waals surface area contributed by atoms with Crippen LogP contribution in [0.15, 0.2) is 70.8 Å². The van der Waals surface area contributed by atoms with Crippen molar-refractivity contribution in [1.29, 1.82) is 0 Å². The van der Waals surface area contributed by atoms with Gasteiger partial charge in [-0.25, -0.2) is 0 Å². The number of carbonyl (C=O) groups excluding carboxylic acids is 2. The Labute approximate surface area is 203 Å². The van der Waals surface area contributed by atoms with Crippen molar-refractivity contribution in [2.24, 2.45) is 0 Å². The van der Waals surface area contributed by atoms with Gasteiger partial charge in [0.2, 0.25) is 0 Å². The number of aryl methyl sites for hydroxylation is 1. The highest BCUT2D eigenvalue weighted by molar-refractivity contribution is 6.05. The van der Waals surface area contributed by atoms with Gasteiger partial charge in [0.15, 0.2) is 0 Å². The Balaban J connectivity index is 1.86. The fourth-order valence-corrected chi connectivity index (χ4v) is 3.36. The summed E-state index contributed by atoms with van der Waals surface area (Å²) < 4.78 is 5.79. The van der Waals surface area contributed by atoms with Gasteiger partial charge in [0.1, 0.15) is 17.2 Å². The van der Waals surface area contributed by atoms with Crippen molar-refractivity contribution in [3.05, 3.63) is 93.4 Å². The van der Waals surface area contributed by atoms with Crippen molar-refractivity contribution in [2.45, 2.75) is 13.3 Å². The Morgan fingerprint density at radius 1 is 1.06 bits per heavy atom. The minimum atomic E-state index is -0.483. The maximum absolute atomic E-state index is 12.9. The third kappa shape index (κ3) is 7.12. The van der Waals surface area contributed by atoms with Crippen molar-refractivity contribution in [1.82, 2.24) is 10.6 Å². The van der Waals surface area contributed by atoms with Gasteiger partial charge in [0, 0.05) is 30.7 Å². The fraction of sp³-hybridized carbons (Fsp3) is 0.231. The largest absolute Gasteiger partial charge is 0.456 e. The average molecular weight is 478 g/mol. The minimum absolute atomic E-state index is 0.0104. The standard InChI is InChI=1S/C26H28N4O5/c1-18-9-11-19(12-10-18)25(31)28-22(26(32)27-15-6-16-29(2)3)17-20-13-14-24(35-20)21-7-4-5-8-23(21)30(33)34/h4-5,7-14,17H,6,15-16H2,1-3H3,(H,27,32)(H,28,31)/p+1/b22-17-. The van der Waals surface area contributed by atoms with E-state index in [0.29, 0.717) is 17.7 Å². The van der Waals surface area contributed by atoms with E-state index in [4.69, 9.17) is 4.42 Å². The van der Waals surface area contributed by atoms with Crippen molar-refractivity contribution < 1.29 is 23.8 Å². The molecule has 0 aliphatic rings. The number of benzene rings is 2. The maximum Gasteiger partial charge on any atom is 0.280 e. The van der Waals surface area contributed by atoms with Crippen LogP contribution in [0.25, 0.3) is 17.4 Å². The van der Waals surface area contributed by atoms with E-state index in [1.165, 1.54) is 17.0 Å². The predicted molar refractivity (Wildman–Crippen MR) is 133 cm³/mol. The molecule has 3 aromatic rings. The third-order valence-electron chi connectivity index (χ3n) is 5.23. The fourth-order valence-electron chi connectivity index (χ4n) is 3.36. The summed E-state index contributed by atoms with van der Waals surface area (Å²) in [7, 11) is 4.06. The predicted octanol–water partition coefficient (Wildman–Crippen LogP) is 2.58. The molecule has 182 valence electrons. The first-order valence-electron chi connectivity index (χ1n) is 11.2. The van der Waals surface area contributed by atoms with E-state index in [1.807, 2.05) is 33.2 Å². The lowest BCUT2D eigenvalue weighted by Crippen LogP contribution is -3.05. The highest BCUT2D eigenvalue weighted by atomic mass is 16.6. The highest BCUT2D eigenvalue weighted by Crippen LogP contribution is 2.31. The van der Waals surface area contributed by atoms with Crippen LogP contribution in [0.5, 0.6) is 0 Å². The monoisotopic (exact) mass is 477 g/mol. The van der Waals surface area contributed by atoms with E-state index in [1.54, 1.807) is 42.5 Å². The number of carbonyl (C=O) groups is 2. The molecule has 35 heavy (non-hydrogen) atoms. The number of rotatable bonds is 10. The molecule has 3 rings (SSSR count). The summed E-state index contributed by atoms with van der Waals surface area (Å²) in [6, 6.07) is 16.4. The van der Waals surface area contributed by atoms with Crippen molar-refractivity contribution in [2.75, 3.05) is 27.2 Å². The number of hydrogen-bond acceptors (Lipinski definition) is 5. The Hall–Kier alpha value is -4.24. The number of nitrogens with zero attached hydrogens (tertiary/aromatic N) is 1. The molecule has 0 atom stereocenters. The molecule has 0 aliphatic carbocycles. The van der Waals surface area contributed by atoms with Crippen molar-refractivity contribution in [3.63, 3.8) is 0 Å². The summed E-state index contributed by atoms with van der Waals surface area (Å²) in [6.07, 6.45) is 2.19. The summed E-state index contributed by atoms with van der Waals surface area (Å²) in [5, 5.41) is 16.8. The second-order valence-electron chi connectivity index (χ2n) is 8.42. The number of quaternary nitrogens is 1. The first-order chi connectivity index (χ1) is 16.7. The topological polar surface area (TPSA) is 119 Å². The van der Waals surface area contributed by atoms with Gasteiger partial charge < -0.3 is 20.0 Å². The average Bonchev–Trinajstić information content (AvgIpc) is 3.30. The number of nitrogens with one attached hydrogen (secondary N) is 3. The van der Waals surface area contributed by atoms with Crippen LogP contribution >= 0.6 is 0 Å². The van der Waals surface area contributed by atoms with Gasteiger partial charge in [0.05, 0.1) is 31.1 Å². The number of hydrogen-bond donors (Lipinski definition) is 3. The number of furan rings is 1. The van der Waals surface area contributed by atoms with E-state index in [0.717, 1.165) is 18.5 Å². The van der Waals surface area contributed by atoms with E-state index in [-0.39, 0.29) is 22.9 Å². The number of nitro groups is 1. The SMILES string of the molecule is Cc1ccc(C(=O)N/C(=C\c2ccc(-c3ccccc3[N+](=O)[O-])o2)C(=O)NCCC[NH+](C)C)cc1. The van der Waals surface area contributed by atoms with Crippen LogP contribution in [-0.4, -0.2) is 43.9 Å². The zero-order chi connectivity index (χ0) is 25.4. The Bertz CT molecular complexity index is 1230. The molecule has 1 heterocycles. The molecule has 2 aromatic carbocycles. The molecule has 0 aliphatic heterocycles. The molecule has 0 saturated heterocycles. The van der Waals surface area contributed by atoms with Crippen LogP contribution in [0.1, 0.15) is 28.1 Å². The normalized spacial score (nSPS) is 11.4. The number of amides is 2. The van der Waals surface area contributed by atoms with E-state index >= 15 is 0 Å². The number of para-hydroxylation sites is 1. The maximum atomic E-state index is 12.9. The summed E-state index contributed by atoms with van der Waals surface area (Å²) in [5.74, 6) is -0.343. The molecule has 2 amide bonds. The van der Waals surface area contributed by atoms with Crippen LogP contribution < -0.4 is 15.5 Å². The van der Waals surface area contributed by atoms with Crippen LogP contribution in [-0.2, 0) is 4.79 Å². The van der Waals surface area contributed by atoms with Crippen LogP contribution in [0.3, 0.4) is 0 Å². The zero-order valence-corrected chi connectivity index (χ0v) is 20.0. The molecule has 9 nitrogen and oxygen atoms in total. The molecular formula is C26H29N4O5+. The summed E-state index contributed by atoms with van der Waals surface area (Å²) in [4.78, 5) is 37.8. The van der Waals surface area contributed by atoms with Crippen molar-refractivity contribution in [3.8, 4) is 11.3 Å². The molecule has 0 radical (unpaired) electrons. The molecule has 0 fully saturated rings. The molecule has 0 saturated carbocycles. The molecule has 3 N–H and O–H groups in total. The van der Waals surface area contributed by atoms with Gasteiger partial charge >= 0.3 is 0 Å². The van der Waals surface area contributed by atoms with E-state index < -0.39 is 16.7 Å². The van der Waals surface area contributed by atoms with Gasteiger partial charge in [-0.1, -0.05) is 29.8 Å². The molecule has 1 aromatic heterocycles. The highest BCUT2D eigenvalue weighted by Gasteiger charge is 2.19. The van der Waals surface area contributed by atoms with E-state index in [9.17, 15) is 19.7 Å². The van der Waals surface area contributed by atoms with Crippen LogP contribution in [0.2, 0.25) is 0 Å². The van der Waals surface area contributed by atoms with Gasteiger partial charge in [-0.2, -0.15) is 0 Å². The third-order valence-corrected chi connectivity index (χ3v) is 5.23. The first-order valence-corrected chi connectivity index (χ1v) is 11.2. The molecule has 0 spiro atoms. The molecule has 0 bridgehead atoms. The van der Waals surface area contributed by atoms with Crippen LogP contribution in [0, 0.1) is 17.0 Å². The van der Waals surface area contributed by atoms with Gasteiger partial charge in [0.25, 0.3) is 17.5 Å². The Morgan fingerprint density at radius 3 is 2.46 bits per heavy atom. The quantitative estimate of drug-likeness (QED) is 0.180. The molecule has 0 unspecified atom stereocenters. The Morgan fingerprint density at radius 2 is 1.77 bits per heavy atom. The molecular weight excluding hydrogens is 448 g/mol. The summed E-state index contributed by atoms with van der Waals surface area (Å²) in [6.45, 7) is 3.25. The van der Waals surface area contributed by atoms with Crippen molar-refractivity contribution >= 4 is 23.6 Å². The Kier molecular flexibility index (Phi) is 8.53. The first kappa shape index (κ1) is 25.4. The van der Waals surface area contributed by atoms with Gasteiger partial charge in [-0.15, -0.1) is 0 Å². The molecule has 9 heteroatoms. The second-order valence-corrected chi connectivity index (χ2v) is 8.42. The van der Waals surface area contributed by atoms with E-state index in [2.05, 4.69) is 10.6 Å². The number of nitro benzene ring substituents is 1. The minimum Gasteiger partial charge on any atom is -0.456 e. The smallest absolute Gasteiger partial charge is 0.280 e. The lowest BCUT2D eigenvalue weighted by atomic mass is 10.1. The second kappa shape index (κ2) is 11.8. The van der Waals surface area contributed by atoms with Gasteiger partial charge in [-0.3, -0.25) is 19.7 Å². The summed E-state index contributed by atoms with van der Waals surface area (Å²) in [5.41, 5.74) is 1.65. The summed E-state index contributed by atoms with van der Waals surface area (Å²) >= 11 is 0. The lowest BCUT2D eigenvalue weighted by Gasteiger charge is -2.12. The van der Waals surface area contributed by atoms with Gasteiger partial charge in [-0.05, 0) is 37.3 Å². The zero-order valence-electron chi connectivity index (χ0n) is 20.0.